The first-order chi connectivity index (χ1) is 14.8. The van der Waals surface area contributed by atoms with Gasteiger partial charge in [-0.2, -0.15) is 5.10 Å². The van der Waals surface area contributed by atoms with Gasteiger partial charge in [-0.25, -0.2) is 26.7 Å². The molecule has 0 saturated carbocycles. The van der Waals surface area contributed by atoms with Gasteiger partial charge in [-0.15, -0.1) is 0 Å². The summed E-state index contributed by atoms with van der Waals surface area (Å²) in [5.41, 5.74) is -1.63. The minimum Gasteiger partial charge on any atom is -0.457 e. The number of aryl methyl sites for hydroxylation is 2. The fourth-order valence-electron chi connectivity index (χ4n) is 3.84. The van der Waals surface area contributed by atoms with Crippen molar-refractivity contribution >= 4 is 11.8 Å². The number of hydrogen-bond acceptors (Lipinski definition) is 4. The molecule has 2 aromatic rings. The van der Waals surface area contributed by atoms with Crippen molar-refractivity contribution in [3.05, 3.63) is 57.2 Å². The number of allylic oxidation sites excluding steroid dienone is 1. The van der Waals surface area contributed by atoms with Crippen LogP contribution in [0.4, 0.5) is 27.8 Å². The van der Waals surface area contributed by atoms with Crippen LogP contribution in [-0.4, -0.2) is 21.4 Å². The maximum atomic E-state index is 15.0. The molecule has 0 fully saturated rings. The molecule has 1 aliphatic heterocycles. The number of carbonyl (C=O) groups is 1. The number of nitrogens with one attached hydrogen (secondary N) is 1. The van der Waals surface area contributed by atoms with Gasteiger partial charge in [-0.3, -0.25) is 4.68 Å². The minimum absolute atomic E-state index is 0.159. The molecule has 1 atom stereocenters. The molecule has 1 N–H and O–H groups in total. The molecule has 5 nitrogen and oxygen atoms in total. The zero-order valence-electron chi connectivity index (χ0n) is 18.6. The van der Waals surface area contributed by atoms with E-state index in [1.54, 1.807) is 27.8 Å². The first-order valence-corrected chi connectivity index (χ1v) is 10.1. The monoisotopic (exact) mass is 457 g/mol. The number of halogens is 5. The van der Waals surface area contributed by atoms with Gasteiger partial charge in [0.2, 0.25) is 5.82 Å². The van der Waals surface area contributed by atoms with Crippen LogP contribution < -0.4 is 5.32 Å². The quantitative estimate of drug-likeness (QED) is 0.295. The first kappa shape index (κ1) is 23.7. The second kappa shape index (κ2) is 8.22. The number of nitrogens with zero attached hydrogens (tertiary/aromatic N) is 2. The van der Waals surface area contributed by atoms with Crippen molar-refractivity contribution in [1.29, 1.82) is 0 Å². The lowest BCUT2D eigenvalue weighted by atomic mass is 9.80. The predicted molar refractivity (Wildman–Crippen MR) is 107 cm³/mol. The third kappa shape index (κ3) is 3.86. The summed E-state index contributed by atoms with van der Waals surface area (Å²) < 4.78 is 78.8. The zero-order valence-corrected chi connectivity index (χ0v) is 18.6. The molecule has 3 rings (SSSR count). The number of ether oxygens (including phenoxy) is 1. The number of aromatic nitrogens is 2. The van der Waals surface area contributed by atoms with E-state index in [4.69, 9.17) is 4.74 Å². The van der Waals surface area contributed by atoms with Crippen LogP contribution in [0.1, 0.15) is 63.8 Å². The Hall–Kier alpha value is -2.91. The third-order valence-corrected chi connectivity index (χ3v) is 5.09. The topological polar surface area (TPSA) is 56.2 Å². The Balaban J connectivity index is 2.40. The van der Waals surface area contributed by atoms with Gasteiger partial charge in [0.1, 0.15) is 11.4 Å². The summed E-state index contributed by atoms with van der Waals surface area (Å²) in [6.45, 7) is 8.11. The molecular weight excluding hydrogens is 433 g/mol. The summed E-state index contributed by atoms with van der Waals surface area (Å²) in [5.74, 6) is -12.7. The number of hydrogen-bond donors (Lipinski definition) is 1. The van der Waals surface area contributed by atoms with Gasteiger partial charge in [-0.1, -0.05) is 13.3 Å². The van der Waals surface area contributed by atoms with Crippen LogP contribution in [0, 0.1) is 29.1 Å². The fraction of sp³-hybridized carbons (Fsp3) is 0.455. The van der Waals surface area contributed by atoms with Crippen LogP contribution in [0.2, 0.25) is 0 Å². The molecule has 0 spiro atoms. The molecule has 174 valence electrons. The standard InChI is InChI=1S/C22H24F5N3O2/c1-7-8-10-12-13(14-15(23)17(25)19(27)18(26)16(14)24)11(21(31)32-22(3,4)5)9(2)28-20(12)30(6)29-10/h13,28H,7-8H2,1-6H3. The predicted octanol–water partition coefficient (Wildman–Crippen LogP) is 5.24. The van der Waals surface area contributed by atoms with E-state index < -0.39 is 52.1 Å². The molecular formula is C22H24F5N3O2. The SMILES string of the molecule is CCCc1nn(C)c2c1C(c1c(F)c(F)c(F)c(F)c1F)C(C(=O)OC(C)(C)C)=C(C)N2. The molecule has 0 saturated heterocycles. The Morgan fingerprint density at radius 2 is 1.56 bits per heavy atom. The van der Waals surface area contributed by atoms with Crippen molar-refractivity contribution in [1.82, 2.24) is 9.78 Å². The van der Waals surface area contributed by atoms with Gasteiger partial charge in [0.05, 0.1) is 17.2 Å². The van der Waals surface area contributed by atoms with Gasteiger partial charge < -0.3 is 10.1 Å². The highest BCUT2D eigenvalue weighted by Crippen LogP contribution is 2.46. The van der Waals surface area contributed by atoms with Crippen molar-refractivity contribution < 1.29 is 31.5 Å². The second-order valence-electron chi connectivity index (χ2n) is 8.66. The number of esters is 1. The summed E-state index contributed by atoms with van der Waals surface area (Å²) in [7, 11) is 1.58. The smallest absolute Gasteiger partial charge is 0.337 e. The fourth-order valence-corrected chi connectivity index (χ4v) is 3.84. The molecule has 0 aliphatic carbocycles. The second-order valence-corrected chi connectivity index (χ2v) is 8.66. The lowest BCUT2D eigenvalue weighted by molar-refractivity contribution is -0.150. The average Bonchev–Trinajstić information content (AvgIpc) is 2.98. The van der Waals surface area contributed by atoms with Crippen LogP contribution in [-0.2, 0) is 23.0 Å². The van der Waals surface area contributed by atoms with E-state index in [9.17, 15) is 26.7 Å². The molecule has 10 heteroatoms. The van der Waals surface area contributed by atoms with E-state index in [-0.39, 0.29) is 16.8 Å². The Labute approximate surface area is 182 Å². The molecule has 1 unspecified atom stereocenters. The van der Waals surface area contributed by atoms with Gasteiger partial charge in [0.25, 0.3) is 0 Å². The highest BCUT2D eigenvalue weighted by molar-refractivity contribution is 5.95. The maximum absolute atomic E-state index is 15.0. The van der Waals surface area contributed by atoms with Crippen LogP contribution in [0.3, 0.4) is 0 Å². The molecule has 1 aromatic heterocycles. The van der Waals surface area contributed by atoms with Crippen molar-refractivity contribution in [3.63, 3.8) is 0 Å². The van der Waals surface area contributed by atoms with Crippen LogP contribution in [0.25, 0.3) is 0 Å². The molecule has 1 aromatic carbocycles. The van der Waals surface area contributed by atoms with E-state index in [0.29, 0.717) is 24.4 Å². The summed E-state index contributed by atoms with van der Waals surface area (Å²) in [5, 5.41) is 7.33. The normalized spacial score (nSPS) is 16.2. The van der Waals surface area contributed by atoms with E-state index in [1.165, 1.54) is 11.6 Å². The van der Waals surface area contributed by atoms with Crippen LogP contribution >= 0.6 is 0 Å². The van der Waals surface area contributed by atoms with Gasteiger partial charge in [-0.05, 0) is 34.1 Å². The van der Waals surface area contributed by atoms with Gasteiger partial charge in [0, 0.05) is 23.9 Å². The Kier molecular flexibility index (Phi) is 6.10. The number of carbonyl (C=O) groups excluding carboxylic acids is 1. The number of rotatable bonds is 4. The molecule has 0 amide bonds. The van der Waals surface area contributed by atoms with Crippen LogP contribution in [0.5, 0.6) is 0 Å². The zero-order chi connectivity index (χ0) is 24.1. The molecule has 2 heterocycles. The first-order valence-electron chi connectivity index (χ1n) is 10.1. The Morgan fingerprint density at radius 3 is 2.06 bits per heavy atom. The van der Waals surface area contributed by atoms with E-state index in [2.05, 4.69) is 10.4 Å². The van der Waals surface area contributed by atoms with Crippen molar-refractivity contribution in [2.24, 2.45) is 7.05 Å². The highest BCUT2D eigenvalue weighted by Gasteiger charge is 2.43. The number of benzene rings is 1. The Morgan fingerprint density at radius 1 is 1.03 bits per heavy atom. The van der Waals surface area contributed by atoms with E-state index in [1.807, 2.05) is 6.92 Å². The van der Waals surface area contributed by atoms with E-state index in [0.717, 1.165) is 0 Å². The molecule has 32 heavy (non-hydrogen) atoms. The van der Waals surface area contributed by atoms with Crippen molar-refractivity contribution in [3.8, 4) is 0 Å². The molecule has 1 aliphatic rings. The highest BCUT2D eigenvalue weighted by atomic mass is 19.2. The van der Waals surface area contributed by atoms with Crippen LogP contribution in [0.15, 0.2) is 11.3 Å². The van der Waals surface area contributed by atoms with Gasteiger partial charge in [0.15, 0.2) is 23.3 Å². The molecule has 0 bridgehead atoms. The maximum Gasteiger partial charge on any atom is 0.337 e. The third-order valence-electron chi connectivity index (χ3n) is 5.09. The summed E-state index contributed by atoms with van der Waals surface area (Å²) >= 11 is 0. The number of anilines is 1. The average molecular weight is 457 g/mol. The van der Waals surface area contributed by atoms with Gasteiger partial charge >= 0.3 is 5.97 Å². The number of fused-ring (bicyclic) bond motifs is 1. The summed E-state index contributed by atoms with van der Waals surface area (Å²) in [6.07, 6.45) is 0.954. The summed E-state index contributed by atoms with van der Waals surface area (Å²) in [4.78, 5) is 13.1. The Bertz CT molecular complexity index is 1100. The van der Waals surface area contributed by atoms with E-state index >= 15 is 0 Å². The molecule has 0 radical (unpaired) electrons. The summed E-state index contributed by atoms with van der Waals surface area (Å²) in [6, 6.07) is 0. The minimum atomic E-state index is -2.27. The van der Waals surface area contributed by atoms with Crippen molar-refractivity contribution in [2.75, 3.05) is 5.32 Å². The lowest BCUT2D eigenvalue weighted by Crippen LogP contribution is -2.31. The largest absolute Gasteiger partial charge is 0.457 e. The lowest BCUT2D eigenvalue weighted by Gasteiger charge is -2.31. The van der Waals surface area contributed by atoms with Crippen molar-refractivity contribution in [2.45, 2.75) is 59.0 Å².